The summed E-state index contributed by atoms with van der Waals surface area (Å²) in [5.74, 6) is -0.884. The predicted octanol–water partition coefficient (Wildman–Crippen LogP) is 0.412. The number of hydrogen-bond acceptors (Lipinski definition) is 3. The first-order valence-corrected chi connectivity index (χ1v) is 7.30. The van der Waals surface area contributed by atoms with Gasteiger partial charge in [0.15, 0.2) is 5.41 Å². The van der Waals surface area contributed by atoms with E-state index in [0.717, 1.165) is 0 Å². The molecule has 1 amide bonds. The highest BCUT2D eigenvalue weighted by molar-refractivity contribution is 7.84. The number of carbonyl (C=O) groups is 1. The van der Waals surface area contributed by atoms with E-state index < -0.39 is 40.9 Å². The Bertz CT molecular complexity index is 341. The monoisotopic (exact) mass is 286 g/mol. The second-order valence-electron chi connectivity index (χ2n) is 4.62. The molecule has 1 heterocycles. The van der Waals surface area contributed by atoms with E-state index in [2.05, 4.69) is 10.6 Å². The van der Waals surface area contributed by atoms with Gasteiger partial charge in [-0.25, -0.2) is 0 Å². The summed E-state index contributed by atoms with van der Waals surface area (Å²) in [5, 5.41) is 4.88. The van der Waals surface area contributed by atoms with E-state index in [4.69, 9.17) is 0 Å². The number of rotatable bonds is 4. The highest BCUT2D eigenvalue weighted by Crippen LogP contribution is 2.43. The van der Waals surface area contributed by atoms with Crippen molar-refractivity contribution in [2.24, 2.45) is 5.41 Å². The van der Waals surface area contributed by atoms with Gasteiger partial charge in [-0.05, 0) is 19.9 Å². The summed E-state index contributed by atoms with van der Waals surface area (Å²) in [7, 11) is -1.16. The van der Waals surface area contributed by atoms with E-state index in [1.807, 2.05) is 0 Å². The molecule has 0 aromatic heterocycles. The van der Waals surface area contributed by atoms with E-state index in [-0.39, 0.29) is 18.7 Å². The number of alkyl halides is 3. The number of carbonyl (C=O) groups excluding carboxylic acids is 1. The highest BCUT2D eigenvalue weighted by Gasteiger charge is 2.61. The summed E-state index contributed by atoms with van der Waals surface area (Å²) >= 11 is 0. The minimum Gasteiger partial charge on any atom is -0.352 e. The van der Waals surface area contributed by atoms with Crippen molar-refractivity contribution in [1.82, 2.24) is 10.6 Å². The Morgan fingerprint density at radius 1 is 1.56 bits per heavy atom. The van der Waals surface area contributed by atoms with Gasteiger partial charge >= 0.3 is 6.18 Å². The fourth-order valence-corrected chi connectivity index (χ4v) is 2.80. The molecule has 3 atom stereocenters. The number of amides is 1. The van der Waals surface area contributed by atoms with Crippen LogP contribution < -0.4 is 10.6 Å². The Hall–Kier alpha value is -0.630. The molecule has 106 valence electrons. The van der Waals surface area contributed by atoms with Crippen molar-refractivity contribution >= 4 is 16.7 Å². The van der Waals surface area contributed by atoms with Crippen molar-refractivity contribution in [3.8, 4) is 0 Å². The molecule has 0 bridgehead atoms. The fourth-order valence-electron chi connectivity index (χ4n) is 2.01. The zero-order valence-electron chi connectivity index (χ0n) is 10.3. The fraction of sp³-hybridized carbons (Fsp3) is 0.900. The average Bonchev–Trinajstić information content (AvgIpc) is 2.63. The Morgan fingerprint density at radius 2 is 2.17 bits per heavy atom. The van der Waals surface area contributed by atoms with Gasteiger partial charge in [0, 0.05) is 35.4 Å². The van der Waals surface area contributed by atoms with Gasteiger partial charge < -0.3 is 10.6 Å². The molecule has 3 unspecified atom stereocenters. The Balaban J connectivity index is 2.76. The molecule has 4 nitrogen and oxygen atoms in total. The minimum absolute atomic E-state index is 0.146. The van der Waals surface area contributed by atoms with Crippen molar-refractivity contribution in [2.75, 3.05) is 25.1 Å². The van der Waals surface area contributed by atoms with E-state index in [1.165, 1.54) is 6.26 Å². The van der Waals surface area contributed by atoms with Crippen LogP contribution in [0, 0.1) is 5.41 Å². The maximum atomic E-state index is 13.0. The van der Waals surface area contributed by atoms with Crippen LogP contribution in [-0.4, -0.2) is 47.4 Å². The highest BCUT2D eigenvalue weighted by atomic mass is 32.2. The molecule has 0 aliphatic carbocycles. The lowest BCUT2D eigenvalue weighted by Gasteiger charge is -2.30. The van der Waals surface area contributed by atoms with Crippen molar-refractivity contribution in [1.29, 1.82) is 0 Å². The van der Waals surface area contributed by atoms with Crippen LogP contribution in [0.2, 0.25) is 0 Å². The maximum absolute atomic E-state index is 13.0. The van der Waals surface area contributed by atoms with Crippen LogP contribution in [0.3, 0.4) is 0 Å². The largest absolute Gasteiger partial charge is 0.404 e. The summed E-state index contributed by atoms with van der Waals surface area (Å²) in [6.07, 6.45) is -3.39. The summed E-state index contributed by atoms with van der Waals surface area (Å²) in [6, 6.07) is -0.539. The molecular weight excluding hydrogens is 269 g/mol. The van der Waals surface area contributed by atoms with Gasteiger partial charge in [0.2, 0.25) is 5.91 Å². The van der Waals surface area contributed by atoms with Crippen LogP contribution in [0.15, 0.2) is 0 Å². The van der Waals surface area contributed by atoms with E-state index in [1.54, 1.807) is 6.92 Å². The first-order chi connectivity index (χ1) is 8.19. The van der Waals surface area contributed by atoms with Gasteiger partial charge in [-0.1, -0.05) is 0 Å². The van der Waals surface area contributed by atoms with Crippen molar-refractivity contribution in [3.63, 3.8) is 0 Å². The molecule has 0 aromatic rings. The van der Waals surface area contributed by atoms with Crippen molar-refractivity contribution in [3.05, 3.63) is 0 Å². The quantitative estimate of drug-likeness (QED) is 0.787. The molecule has 1 aliphatic rings. The maximum Gasteiger partial charge on any atom is 0.404 e. The van der Waals surface area contributed by atoms with Crippen LogP contribution >= 0.6 is 0 Å². The predicted molar refractivity (Wildman–Crippen MR) is 62.5 cm³/mol. The molecule has 1 rings (SSSR count). The molecule has 1 aliphatic heterocycles. The molecule has 0 aromatic carbocycles. The Morgan fingerprint density at radius 3 is 2.56 bits per heavy atom. The lowest BCUT2D eigenvalue weighted by molar-refractivity contribution is -0.216. The molecule has 0 saturated carbocycles. The second kappa shape index (κ2) is 5.56. The number of hydrogen-bond donors (Lipinski definition) is 2. The van der Waals surface area contributed by atoms with Gasteiger partial charge in [-0.2, -0.15) is 13.2 Å². The van der Waals surface area contributed by atoms with Gasteiger partial charge in [-0.3, -0.25) is 9.00 Å². The van der Waals surface area contributed by atoms with E-state index in [9.17, 15) is 22.2 Å². The number of halogens is 3. The third kappa shape index (κ3) is 3.23. The third-order valence-electron chi connectivity index (χ3n) is 2.99. The standard InChI is InChI=1S/C10H17F3N2O2S/c1-7(5-18(2)17)15-8(16)9(10(11,12)13)3-4-14-6-9/h7,14H,3-6H2,1-2H3,(H,15,16). The lowest BCUT2D eigenvalue weighted by atomic mass is 9.85. The smallest absolute Gasteiger partial charge is 0.352 e. The van der Waals surface area contributed by atoms with Crippen LogP contribution in [0.4, 0.5) is 13.2 Å². The van der Waals surface area contributed by atoms with Crippen LogP contribution in [-0.2, 0) is 15.6 Å². The molecule has 1 fully saturated rings. The zero-order chi connectivity index (χ0) is 14.0. The van der Waals surface area contributed by atoms with Crippen LogP contribution in [0.25, 0.3) is 0 Å². The molecule has 0 spiro atoms. The second-order valence-corrected chi connectivity index (χ2v) is 6.10. The van der Waals surface area contributed by atoms with Gasteiger partial charge in [0.1, 0.15) is 0 Å². The number of nitrogens with one attached hydrogen (secondary N) is 2. The summed E-state index contributed by atoms with van der Waals surface area (Å²) in [4.78, 5) is 11.8. The summed E-state index contributed by atoms with van der Waals surface area (Å²) < 4.78 is 50.0. The molecule has 0 radical (unpaired) electrons. The van der Waals surface area contributed by atoms with E-state index >= 15 is 0 Å². The Labute approximate surface area is 106 Å². The first-order valence-electron chi connectivity index (χ1n) is 5.57. The molecule has 18 heavy (non-hydrogen) atoms. The molecule has 8 heteroatoms. The van der Waals surface area contributed by atoms with E-state index in [0.29, 0.717) is 0 Å². The average molecular weight is 286 g/mol. The summed E-state index contributed by atoms with van der Waals surface area (Å²) in [6.45, 7) is 1.32. The normalized spacial score (nSPS) is 27.8. The molecule has 2 N–H and O–H groups in total. The topological polar surface area (TPSA) is 58.2 Å². The van der Waals surface area contributed by atoms with Gasteiger partial charge in [0.25, 0.3) is 0 Å². The molecular formula is C10H17F3N2O2S. The third-order valence-corrected chi connectivity index (χ3v) is 3.96. The van der Waals surface area contributed by atoms with Crippen molar-refractivity contribution < 1.29 is 22.2 Å². The van der Waals surface area contributed by atoms with Crippen LogP contribution in [0.1, 0.15) is 13.3 Å². The van der Waals surface area contributed by atoms with Crippen molar-refractivity contribution in [2.45, 2.75) is 25.6 Å². The van der Waals surface area contributed by atoms with Gasteiger partial charge in [0.05, 0.1) is 0 Å². The van der Waals surface area contributed by atoms with Gasteiger partial charge in [-0.15, -0.1) is 0 Å². The Kier molecular flexibility index (Phi) is 4.77. The zero-order valence-corrected chi connectivity index (χ0v) is 11.1. The lowest BCUT2D eigenvalue weighted by Crippen LogP contribution is -2.54. The minimum atomic E-state index is -4.58. The van der Waals surface area contributed by atoms with Crippen LogP contribution in [0.5, 0.6) is 0 Å². The SMILES string of the molecule is CC(CS(C)=O)NC(=O)C1(C(F)(F)F)CCNC1. The molecule has 1 saturated heterocycles. The summed E-state index contributed by atoms with van der Waals surface area (Å²) in [5.41, 5.74) is -2.35. The first kappa shape index (κ1) is 15.4.